The van der Waals surface area contributed by atoms with E-state index in [0.717, 1.165) is 24.9 Å². The molecule has 1 heterocycles. The minimum absolute atomic E-state index is 0.0184. The van der Waals surface area contributed by atoms with Crippen LogP contribution in [-0.2, 0) is 19.1 Å². The molecule has 0 spiro atoms. The number of carbonyl (C=O) groups excluding carboxylic acids is 3. The number of hydrogen-bond acceptors (Lipinski definition) is 7. The van der Waals surface area contributed by atoms with Crippen molar-refractivity contribution in [2.24, 2.45) is 0 Å². The maximum Gasteiger partial charge on any atom is 0.354 e. The Labute approximate surface area is 181 Å². The largest absolute Gasteiger partial charge is 0.466 e. The summed E-state index contributed by atoms with van der Waals surface area (Å²) in [5.41, 5.74) is 2.32. The van der Waals surface area contributed by atoms with Gasteiger partial charge in [0, 0.05) is 43.1 Å². The lowest BCUT2D eigenvalue weighted by molar-refractivity contribution is -0.138. The highest BCUT2D eigenvalue weighted by atomic mass is 16.5. The first-order valence-electron chi connectivity index (χ1n) is 9.86. The van der Waals surface area contributed by atoms with Gasteiger partial charge >= 0.3 is 11.9 Å². The number of carbonyl (C=O) groups is 3. The lowest BCUT2D eigenvalue weighted by Crippen LogP contribution is -2.48. The third-order valence-corrected chi connectivity index (χ3v) is 4.97. The molecule has 31 heavy (non-hydrogen) atoms. The summed E-state index contributed by atoms with van der Waals surface area (Å²) in [6.45, 7) is 2.73. The fraction of sp³-hybridized carbons (Fsp3) is 0.261. The molecule has 2 aromatic rings. The number of anilines is 2. The van der Waals surface area contributed by atoms with E-state index >= 15 is 0 Å². The van der Waals surface area contributed by atoms with Gasteiger partial charge in [0.05, 0.1) is 20.3 Å². The normalized spacial score (nSPS) is 14.1. The second-order valence-corrected chi connectivity index (χ2v) is 6.89. The number of methoxy groups -OCH3 is 2. The SMILES string of the molecule is COC(=O)/C=C(/Nc1ccc(N2CCN(C(=O)c3ccccc3)CC2)cc1)C(=O)OC. The van der Waals surface area contributed by atoms with Crippen LogP contribution in [0.2, 0.25) is 0 Å². The quantitative estimate of drug-likeness (QED) is 0.563. The van der Waals surface area contributed by atoms with Crippen LogP contribution in [-0.4, -0.2) is 63.1 Å². The number of benzene rings is 2. The molecule has 0 aromatic heterocycles. The Bertz CT molecular complexity index is 949. The van der Waals surface area contributed by atoms with Gasteiger partial charge in [-0.25, -0.2) is 9.59 Å². The summed E-state index contributed by atoms with van der Waals surface area (Å²) in [5.74, 6) is -1.28. The van der Waals surface area contributed by atoms with Gasteiger partial charge in [0.25, 0.3) is 5.91 Å². The maximum atomic E-state index is 12.6. The van der Waals surface area contributed by atoms with Crippen molar-refractivity contribution in [3.8, 4) is 0 Å². The van der Waals surface area contributed by atoms with Crippen molar-refractivity contribution in [1.82, 2.24) is 4.90 Å². The summed E-state index contributed by atoms with van der Waals surface area (Å²) in [6, 6.07) is 16.8. The Balaban J connectivity index is 1.60. The summed E-state index contributed by atoms with van der Waals surface area (Å²) in [7, 11) is 2.47. The summed E-state index contributed by atoms with van der Waals surface area (Å²) in [6.07, 6.45) is 1.04. The van der Waals surface area contributed by atoms with Crippen molar-refractivity contribution in [2.45, 2.75) is 0 Å². The molecule has 0 radical (unpaired) electrons. The second-order valence-electron chi connectivity index (χ2n) is 6.89. The highest BCUT2D eigenvalue weighted by Crippen LogP contribution is 2.21. The van der Waals surface area contributed by atoms with Gasteiger partial charge in [0.15, 0.2) is 0 Å². The molecule has 162 valence electrons. The van der Waals surface area contributed by atoms with Gasteiger partial charge in [0.1, 0.15) is 5.70 Å². The molecule has 1 amide bonds. The van der Waals surface area contributed by atoms with E-state index in [1.54, 1.807) is 0 Å². The number of piperazine rings is 1. The van der Waals surface area contributed by atoms with Gasteiger partial charge in [0.2, 0.25) is 0 Å². The first kappa shape index (κ1) is 21.9. The maximum absolute atomic E-state index is 12.6. The molecule has 1 N–H and O–H groups in total. The first-order chi connectivity index (χ1) is 15.0. The number of rotatable bonds is 6. The molecule has 8 nitrogen and oxygen atoms in total. The molecule has 0 aliphatic carbocycles. The molecule has 0 atom stereocenters. The summed E-state index contributed by atoms with van der Waals surface area (Å²) in [4.78, 5) is 40.0. The van der Waals surface area contributed by atoms with E-state index in [-0.39, 0.29) is 11.6 Å². The van der Waals surface area contributed by atoms with Crippen LogP contribution in [0.15, 0.2) is 66.4 Å². The van der Waals surface area contributed by atoms with Crippen molar-refractivity contribution in [2.75, 3.05) is 50.6 Å². The molecule has 0 bridgehead atoms. The zero-order valence-corrected chi connectivity index (χ0v) is 17.5. The van der Waals surface area contributed by atoms with Gasteiger partial charge in [-0.15, -0.1) is 0 Å². The van der Waals surface area contributed by atoms with E-state index in [1.165, 1.54) is 14.2 Å². The topological polar surface area (TPSA) is 88.2 Å². The molecule has 2 aromatic carbocycles. The van der Waals surface area contributed by atoms with Crippen LogP contribution in [0.25, 0.3) is 0 Å². The molecule has 8 heteroatoms. The number of esters is 2. The monoisotopic (exact) mass is 423 g/mol. The van der Waals surface area contributed by atoms with Crippen molar-refractivity contribution in [1.29, 1.82) is 0 Å². The van der Waals surface area contributed by atoms with Crippen LogP contribution in [0, 0.1) is 0 Å². The lowest BCUT2D eigenvalue weighted by Gasteiger charge is -2.36. The molecule has 1 saturated heterocycles. The fourth-order valence-electron chi connectivity index (χ4n) is 3.27. The van der Waals surface area contributed by atoms with E-state index in [1.807, 2.05) is 59.5 Å². The van der Waals surface area contributed by atoms with Crippen molar-refractivity contribution >= 4 is 29.2 Å². The molecular weight excluding hydrogens is 398 g/mol. The van der Waals surface area contributed by atoms with Crippen LogP contribution >= 0.6 is 0 Å². The predicted octanol–water partition coefficient (Wildman–Crippen LogP) is 2.29. The van der Waals surface area contributed by atoms with Crippen LogP contribution in [0.3, 0.4) is 0 Å². The Hall–Kier alpha value is -3.81. The van der Waals surface area contributed by atoms with Gasteiger partial charge in [-0.3, -0.25) is 4.79 Å². The Morgan fingerprint density at radius 2 is 1.52 bits per heavy atom. The number of ether oxygens (including phenoxy) is 2. The smallest absolute Gasteiger partial charge is 0.354 e. The van der Waals surface area contributed by atoms with Gasteiger partial charge in [-0.2, -0.15) is 0 Å². The summed E-state index contributed by atoms with van der Waals surface area (Å²) >= 11 is 0. The Morgan fingerprint density at radius 1 is 0.871 bits per heavy atom. The van der Waals surface area contributed by atoms with Gasteiger partial charge < -0.3 is 24.6 Å². The molecule has 0 unspecified atom stereocenters. The number of hydrogen-bond donors (Lipinski definition) is 1. The van der Waals surface area contributed by atoms with E-state index in [4.69, 9.17) is 4.74 Å². The average Bonchev–Trinajstić information content (AvgIpc) is 2.83. The van der Waals surface area contributed by atoms with Crippen LogP contribution in [0.4, 0.5) is 11.4 Å². The van der Waals surface area contributed by atoms with E-state index in [0.29, 0.717) is 24.3 Å². The highest BCUT2D eigenvalue weighted by molar-refractivity contribution is 5.98. The van der Waals surface area contributed by atoms with Gasteiger partial charge in [-0.05, 0) is 36.4 Å². The van der Waals surface area contributed by atoms with Crippen LogP contribution in [0.5, 0.6) is 0 Å². The molecule has 3 rings (SSSR count). The number of amides is 1. The summed E-state index contributed by atoms with van der Waals surface area (Å²) in [5, 5.41) is 2.88. The number of nitrogens with one attached hydrogen (secondary N) is 1. The molecule has 0 saturated carbocycles. The summed E-state index contributed by atoms with van der Waals surface area (Å²) < 4.78 is 9.26. The lowest BCUT2D eigenvalue weighted by atomic mass is 10.1. The van der Waals surface area contributed by atoms with E-state index < -0.39 is 11.9 Å². The average molecular weight is 423 g/mol. The number of nitrogens with zero attached hydrogens (tertiary/aromatic N) is 2. The fourth-order valence-corrected chi connectivity index (χ4v) is 3.27. The van der Waals surface area contributed by atoms with Crippen LogP contribution in [0.1, 0.15) is 10.4 Å². The zero-order chi connectivity index (χ0) is 22.2. The van der Waals surface area contributed by atoms with Crippen molar-refractivity contribution in [3.63, 3.8) is 0 Å². The minimum atomic E-state index is -0.673. The van der Waals surface area contributed by atoms with Gasteiger partial charge in [-0.1, -0.05) is 18.2 Å². The van der Waals surface area contributed by atoms with E-state index in [2.05, 4.69) is 15.0 Å². The third kappa shape index (κ3) is 5.63. The molecule has 1 fully saturated rings. The van der Waals surface area contributed by atoms with E-state index in [9.17, 15) is 14.4 Å². The molecule has 1 aliphatic heterocycles. The second kappa shape index (κ2) is 10.3. The van der Waals surface area contributed by atoms with Crippen LogP contribution < -0.4 is 10.2 Å². The standard InChI is InChI=1S/C23H25N3O5/c1-30-21(27)16-20(23(29)31-2)24-18-8-10-19(11-9-18)25-12-14-26(15-13-25)22(28)17-6-4-3-5-7-17/h3-11,16,24H,12-15H2,1-2H3/b20-16+. The van der Waals surface area contributed by atoms with Crippen molar-refractivity contribution < 1.29 is 23.9 Å². The molecular formula is C23H25N3O5. The molecule has 1 aliphatic rings. The Morgan fingerprint density at radius 3 is 2.10 bits per heavy atom. The Kier molecular flexibility index (Phi) is 7.26. The predicted molar refractivity (Wildman–Crippen MR) is 117 cm³/mol. The minimum Gasteiger partial charge on any atom is -0.466 e. The highest BCUT2D eigenvalue weighted by Gasteiger charge is 2.22. The zero-order valence-electron chi connectivity index (χ0n) is 17.5. The third-order valence-electron chi connectivity index (χ3n) is 4.97. The first-order valence-corrected chi connectivity index (χ1v) is 9.86. The van der Waals surface area contributed by atoms with Crippen molar-refractivity contribution in [3.05, 3.63) is 71.9 Å².